The standard InChI is InChI=1S/C23H29N5O3/c1-15-21(16(2)26(3)25-15)19-14-30-13-12-28(19)22(29)17-8-10-27(11-9-17)23-24-18-6-4-5-7-20(18)31-23/h4-7,17,19H,8-14H2,1-3H3. The number of fused-ring (bicyclic) bond motifs is 1. The number of oxazole rings is 1. The van der Waals surface area contributed by atoms with Gasteiger partial charge >= 0.3 is 0 Å². The van der Waals surface area contributed by atoms with Gasteiger partial charge in [-0.15, -0.1) is 0 Å². The van der Waals surface area contributed by atoms with E-state index in [1.165, 1.54) is 0 Å². The van der Waals surface area contributed by atoms with Gasteiger partial charge < -0.3 is 19.0 Å². The largest absolute Gasteiger partial charge is 0.423 e. The fraction of sp³-hybridized carbons (Fsp3) is 0.522. The van der Waals surface area contributed by atoms with Crippen LogP contribution in [0, 0.1) is 19.8 Å². The summed E-state index contributed by atoms with van der Waals surface area (Å²) >= 11 is 0. The lowest BCUT2D eigenvalue weighted by Crippen LogP contribution is -2.48. The highest BCUT2D eigenvalue weighted by atomic mass is 16.5. The van der Waals surface area contributed by atoms with E-state index < -0.39 is 0 Å². The molecule has 1 unspecified atom stereocenters. The molecule has 8 heteroatoms. The minimum Gasteiger partial charge on any atom is -0.423 e. The molecule has 2 fully saturated rings. The molecule has 2 saturated heterocycles. The fourth-order valence-corrected chi connectivity index (χ4v) is 4.93. The summed E-state index contributed by atoms with van der Waals surface area (Å²) in [6.07, 6.45) is 1.60. The lowest BCUT2D eigenvalue weighted by atomic mass is 9.93. The van der Waals surface area contributed by atoms with Gasteiger partial charge in [0.05, 0.1) is 24.9 Å². The molecule has 0 saturated carbocycles. The van der Waals surface area contributed by atoms with Crippen molar-refractivity contribution in [3.05, 3.63) is 41.2 Å². The smallest absolute Gasteiger partial charge is 0.298 e. The highest BCUT2D eigenvalue weighted by molar-refractivity contribution is 5.80. The minimum atomic E-state index is -0.0648. The lowest BCUT2D eigenvalue weighted by Gasteiger charge is -2.40. The molecule has 0 N–H and O–H groups in total. The van der Waals surface area contributed by atoms with Gasteiger partial charge in [-0.1, -0.05) is 12.1 Å². The molecule has 0 aliphatic carbocycles. The Morgan fingerprint density at radius 2 is 1.90 bits per heavy atom. The molecule has 31 heavy (non-hydrogen) atoms. The Balaban J connectivity index is 1.29. The first kappa shape index (κ1) is 20.1. The summed E-state index contributed by atoms with van der Waals surface area (Å²) in [4.78, 5) is 22.3. The molecular formula is C23H29N5O3. The average Bonchev–Trinajstić information content (AvgIpc) is 3.33. The highest BCUT2D eigenvalue weighted by Crippen LogP contribution is 2.33. The second kappa shape index (κ2) is 8.00. The van der Waals surface area contributed by atoms with Gasteiger partial charge in [-0.25, -0.2) is 0 Å². The first-order valence-corrected chi connectivity index (χ1v) is 11.0. The minimum absolute atomic E-state index is 0.0125. The molecule has 2 aromatic heterocycles. The number of nitrogens with zero attached hydrogens (tertiary/aromatic N) is 5. The second-order valence-corrected chi connectivity index (χ2v) is 8.56. The maximum Gasteiger partial charge on any atom is 0.298 e. The van der Waals surface area contributed by atoms with Crippen molar-refractivity contribution < 1.29 is 13.9 Å². The zero-order valence-corrected chi connectivity index (χ0v) is 18.4. The van der Waals surface area contributed by atoms with Crippen molar-refractivity contribution in [1.82, 2.24) is 19.7 Å². The number of morpholine rings is 1. The number of hydrogen-bond donors (Lipinski definition) is 0. The summed E-state index contributed by atoms with van der Waals surface area (Å²) in [5.74, 6) is 0.242. The van der Waals surface area contributed by atoms with Crippen LogP contribution in [-0.2, 0) is 16.6 Å². The zero-order chi connectivity index (χ0) is 21.5. The van der Waals surface area contributed by atoms with Gasteiger partial charge in [-0.05, 0) is 38.8 Å². The van der Waals surface area contributed by atoms with E-state index in [0.717, 1.165) is 54.0 Å². The van der Waals surface area contributed by atoms with Crippen LogP contribution < -0.4 is 4.90 Å². The van der Waals surface area contributed by atoms with Crippen LogP contribution in [0.15, 0.2) is 28.7 Å². The van der Waals surface area contributed by atoms with Crippen molar-refractivity contribution in [3.63, 3.8) is 0 Å². The van der Waals surface area contributed by atoms with E-state index in [4.69, 9.17) is 9.15 Å². The van der Waals surface area contributed by atoms with Crippen molar-refractivity contribution in [2.45, 2.75) is 32.7 Å². The number of rotatable bonds is 3. The number of amides is 1. The third kappa shape index (κ3) is 3.59. The lowest BCUT2D eigenvalue weighted by molar-refractivity contribution is -0.145. The maximum absolute atomic E-state index is 13.5. The Morgan fingerprint density at radius 3 is 2.61 bits per heavy atom. The molecule has 1 aromatic carbocycles. The molecule has 2 aliphatic heterocycles. The number of aromatic nitrogens is 3. The number of piperidine rings is 1. The van der Waals surface area contributed by atoms with E-state index in [1.54, 1.807) is 0 Å². The summed E-state index contributed by atoms with van der Waals surface area (Å²) in [5, 5.41) is 4.55. The predicted octanol–water partition coefficient (Wildman–Crippen LogP) is 2.99. The molecule has 5 rings (SSSR count). The Hall–Kier alpha value is -2.87. The summed E-state index contributed by atoms with van der Waals surface area (Å²) < 4.78 is 13.6. The normalized spacial score (nSPS) is 20.5. The average molecular weight is 424 g/mol. The molecule has 2 aliphatic rings. The number of hydrogen-bond acceptors (Lipinski definition) is 6. The van der Waals surface area contributed by atoms with Crippen LogP contribution in [0.25, 0.3) is 11.1 Å². The van der Waals surface area contributed by atoms with Gasteiger partial charge in [0.25, 0.3) is 6.01 Å². The molecule has 1 atom stereocenters. The Labute approximate surface area is 181 Å². The van der Waals surface area contributed by atoms with Gasteiger partial charge in [-0.2, -0.15) is 10.1 Å². The molecule has 0 bridgehead atoms. The van der Waals surface area contributed by atoms with Crippen LogP contribution in [0.1, 0.15) is 35.8 Å². The van der Waals surface area contributed by atoms with Gasteiger partial charge in [-0.3, -0.25) is 9.48 Å². The molecule has 3 aromatic rings. The third-order valence-electron chi connectivity index (χ3n) is 6.71. The van der Waals surface area contributed by atoms with Gasteiger partial charge in [0.15, 0.2) is 5.58 Å². The molecule has 1 amide bonds. The van der Waals surface area contributed by atoms with Crippen molar-refractivity contribution in [1.29, 1.82) is 0 Å². The second-order valence-electron chi connectivity index (χ2n) is 8.56. The van der Waals surface area contributed by atoms with Crippen LogP contribution >= 0.6 is 0 Å². The first-order valence-electron chi connectivity index (χ1n) is 11.0. The van der Waals surface area contributed by atoms with Crippen LogP contribution in [0.3, 0.4) is 0 Å². The van der Waals surface area contributed by atoms with Crippen LogP contribution in [0.2, 0.25) is 0 Å². The SMILES string of the molecule is Cc1nn(C)c(C)c1C1COCCN1C(=O)C1CCN(c2nc3ccccc3o2)CC1. The molecule has 164 valence electrons. The van der Waals surface area contributed by atoms with Crippen LogP contribution in [0.5, 0.6) is 0 Å². The Bertz CT molecular complexity index is 1060. The molecule has 4 heterocycles. The van der Waals surface area contributed by atoms with Crippen LogP contribution in [0.4, 0.5) is 6.01 Å². The van der Waals surface area contributed by atoms with E-state index in [9.17, 15) is 4.79 Å². The van der Waals surface area contributed by atoms with Crippen molar-refractivity contribution >= 4 is 23.0 Å². The quantitative estimate of drug-likeness (QED) is 0.645. The van der Waals surface area contributed by atoms with E-state index in [-0.39, 0.29) is 17.9 Å². The van der Waals surface area contributed by atoms with E-state index in [2.05, 4.69) is 21.9 Å². The van der Waals surface area contributed by atoms with Gasteiger partial charge in [0, 0.05) is 43.9 Å². The maximum atomic E-state index is 13.5. The van der Waals surface area contributed by atoms with Crippen LogP contribution in [-0.4, -0.2) is 58.4 Å². The zero-order valence-electron chi connectivity index (χ0n) is 18.4. The number of ether oxygens (including phenoxy) is 1. The monoisotopic (exact) mass is 423 g/mol. The molecular weight excluding hydrogens is 394 g/mol. The van der Waals surface area contributed by atoms with Crippen molar-refractivity contribution in [2.24, 2.45) is 13.0 Å². The fourth-order valence-electron chi connectivity index (χ4n) is 4.93. The van der Waals surface area contributed by atoms with Gasteiger partial charge in [0.1, 0.15) is 5.52 Å². The third-order valence-corrected chi connectivity index (χ3v) is 6.71. The first-order chi connectivity index (χ1) is 15.0. The number of para-hydroxylation sites is 2. The summed E-state index contributed by atoms with van der Waals surface area (Å²) in [6.45, 7) is 7.35. The molecule has 0 radical (unpaired) electrons. The number of aryl methyl sites for hydroxylation is 2. The number of benzene rings is 1. The Morgan fingerprint density at radius 1 is 1.13 bits per heavy atom. The highest BCUT2D eigenvalue weighted by Gasteiger charge is 2.37. The predicted molar refractivity (Wildman–Crippen MR) is 117 cm³/mol. The van der Waals surface area contributed by atoms with E-state index >= 15 is 0 Å². The van der Waals surface area contributed by atoms with Gasteiger partial charge in [0.2, 0.25) is 5.91 Å². The number of anilines is 1. The topological polar surface area (TPSA) is 76.6 Å². The summed E-state index contributed by atoms with van der Waals surface area (Å²) in [6, 6.07) is 8.39. The Kier molecular flexibility index (Phi) is 5.17. The van der Waals surface area contributed by atoms with Crippen molar-refractivity contribution in [3.8, 4) is 0 Å². The summed E-state index contributed by atoms with van der Waals surface area (Å²) in [7, 11) is 1.95. The molecule has 8 nitrogen and oxygen atoms in total. The summed E-state index contributed by atoms with van der Waals surface area (Å²) in [5.41, 5.74) is 4.86. The number of carbonyl (C=O) groups excluding carboxylic acids is 1. The number of carbonyl (C=O) groups is 1. The van der Waals surface area contributed by atoms with E-state index in [1.807, 2.05) is 47.8 Å². The van der Waals surface area contributed by atoms with E-state index in [0.29, 0.717) is 25.8 Å². The molecule has 0 spiro atoms. The van der Waals surface area contributed by atoms with Crippen molar-refractivity contribution in [2.75, 3.05) is 37.7 Å².